The second-order valence-electron chi connectivity index (χ2n) is 9.23. The number of hydrogen-bond acceptors (Lipinski definition) is 1. The molecule has 4 rings (SSSR count). The fraction of sp³-hybridized carbons (Fsp3) is 0.571. The van der Waals surface area contributed by atoms with Crippen molar-refractivity contribution >= 4 is 16.7 Å². The predicted molar refractivity (Wildman–Crippen MR) is 96.9 cm³/mol. The van der Waals surface area contributed by atoms with Crippen LogP contribution < -0.4 is 9.88 Å². The Morgan fingerprint density at radius 1 is 1.09 bits per heavy atom. The maximum absolute atomic E-state index is 3.76. The van der Waals surface area contributed by atoms with Gasteiger partial charge in [-0.2, -0.15) is 0 Å². The molecule has 0 unspecified atom stereocenters. The van der Waals surface area contributed by atoms with Gasteiger partial charge in [0.25, 0.3) is 5.82 Å². The van der Waals surface area contributed by atoms with E-state index in [-0.39, 0.29) is 0 Å². The highest BCUT2D eigenvalue weighted by Gasteiger charge is 2.53. The minimum absolute atomic E-state index is 0.466. The van der Waals surface area contributed by atoms with Gasteiger partial charge >= 0.3 is 0 Å². The zero-order valence-corrected chi connectivity index (χ0v) is 15.2. The average Bonchev–Trinajstić information content (AvgIpc) is 2.67. The minimum Gasteiger partial charge on any atom is -0.258 e. The molecule has 2 heterocycles. The number of rotatable bonds is 1. The summed E-state index contributed by atoms with van der Waals surface area (Å²) in [5.74, 6) is 1.34. The third kappa shape index (κ3) is 2.52. The largest absolute Gasteiger partial charge is 0.278 e. The van der Waals surface area contributed by atoms with Crippen LogP contribution in [0.5, 0.6) is 0 Å². The molecule has 1 saturated heterocycles. The molecule has 2 aliphatic rings. The molecule has 1 aliphatic heterocycles. The highest BCUT2D eigenvalue weighted by molar-refractivity contribution is 5.78. The molecule has 0 radical (unpaired) electrons. The summed E-state index contributed by atoms with van der Waals surface area (Å²) >= 11 is 0. The first kappa shape index (κ1) is 15.0. The lowest BCUT2D eigenvalue weighted by Gasteiger charge is -2.37. The number of H-pyrrole nitrogens is 1. The topological polar surface area (TPSA) is 17.4 Å². The Morgan fingerprint density at radius 2 is 1.87 bits per heavy atom. The predicted octanol–water partition coefficient (Wildman–Crippen LogP) is 4.68. The highest BCUT2D eigenvalue weighted by Crippen LogP contribution is 2.53. The van der Waals surface area contributed by atoms with Crippen LogP contribution in [0.15, 0.2) is 24.3 Å². The monoisotopic (exact) mass is 309 g/mol. The van der Waals surface area contributed by atoms with Crippen molar-refractivity contribution in [3.8, 4) is 0 Å². The Bertz CT molecular complexity index is 777. The molecule has 2 nitrogen and oxygen atoms in total. The van der Waals surface area contributed by atoms with Gasteiger partial charge in [0.05, 0.1) is 12.6 Å². The van der Waals surface area contributed by atoms with Gasteiger partial charge in [-0.1, -0.05) is 32.9 Å². The molecule has 23 heavy (non-hydrogen) atoms. The van der Waals surface area contributed by atoms with Crippen molar-refractivity contribution in [3.63, 3.8) is 0 Å². The molecule has 2 atom stereocenters. The second-order valence-corrected chi connectivity index (χ2v) is 9.23. The van der Waals surface area contributed by atoms with Gasteiger partial charge < -0.3 is 0 Å². The van der Waals surface area contributed by atoms with Crippen molar-refractivity contribution in [1.29, 1.82) is 0 Å². The van der Waals surface area contributed by atoms with Gasteiger partial charge in [0, 0.05) is 16.4 Å². The van der Waals surface area contributed by atoms with Gasteiger partial charge in [-0.15, -0.1) is 0 Å². The Morgan fingerprint density at radius 3 is 2.65 bits per heavy atom. The van der Waals surface area contributed by atoms with E-state index < -0.39 is 0 Å². The number of fused-ring (bicyclic) bond motifs is 3. The normalized spacial score (nSPS) is 29.3. The molecule has 0 amide bonds. The minimum atomic E-state index is 0.466. The molecular formula is C21H29N2+. The van der Waals surface area contributed by atoms with Gasteiger partial charge in [-0.3, -0.25) is 4.90 Å². The quantitative estimate of drug-likeness (QED) is 0.748. The number of aryl methyl sites for hydroxylation is 2. The van der Waals surface area contributed by atoms with Crippen molar-refractivity contribution in [3.05, 3.63) is 35.4 Å². The molecule has 2 aromatic rings. The van der Waals surface area contributed by atoms with E-state index in [0.29, 0.717) is 16.9 Å². The van der Waals surface area contributed by atoms with E-state index in [4.69, 9.17) is 0 Å². The standard InChI is InChI=1S/C21H28N2/c1-14-6-7-16-9-15(2)19(22-18(16)8-14)23-13-21(5)11-17(23)10-20(3,4)12-21/h6-9,17H,10-13H2,1-5H3/p+1/t17-,21-/m1/s1. The maximum atomic E-state index is 3.76. The van der Waals surface area contributed by atoms with Crippen LogP contribution in [0.1, 0.15) is 51.2 Å². The molecule has 1 aromatic heterocycles. The molecule has 1 aromatic carbocycles. The molecule has 1 aliphatic carbocycles. The summed E-state index contributed by atoms with van der Waals surface area (Å²) in [5, 5.41) is 1.31. The first-order valence-corrected chi connectivity index (χ1v) is 8.95. The van der Waals surface area contributed by atoms with Gasteiger partial charge in [-0.25, -0.2) is 4.98 Å². The van der Waals surface area contributed by atoms with Crippen molar-refractivity contribution in [2.24, 2.45) is 10.8 Å². The molecule has 122 valence electrons. The first-order valence-electron chi connectivity index (χ1n) is 8.95. The lowest BCUT2D eigenvalue weighted by molar-refractivity contribution is -0.331. The van der Waals surface area contributed by atoms with E-state index in [2.05, 4.69) is 68.8 Å². The van der Waals surface area contributed by atoms with Crippen LogP contribution in [-0.2, 0) is 0 Å². The van der Waals surface area contributed by atoms with Crippen molar-refractivity contribution in [2.75, 3.05) is 11.4 Å². The average molecular weight is 309 g/mol. The van der Waals surface area contributed by atoms with Crippen molar-refractivity contribution in [1.82, 2.24) is 0 Å². The number of anilines is 1. The third-order valence-electron chi connectivity index (χ3n) is 5.91. The zero-order chi connectivity index (χ0) is 16.4. The second kappa shape index (κ2) is 4.72. The number of nitrogens with zero attached hydrogens (tertiary/aromatic N) is 1. The van der Waals surface area contributed by atoms with Gasteiger partial charge in [0.1, 0.15) is 5.52 Å². The Kier molecular flexibility index (Phi) is 3.07. The maximum Gasteiger partial charge on any atom is 0.278 e. The van der Waals surface area contributed by atoms with E-state index in [9.17, 15) is 0 Å². The van der Waals surface area contributed by atoms with Crippen LogP contribution in [0, 0.1) is 24.7 Å². The number of benzene rings is 1. The number of aromatic nitrogens is 1. The van der Waals surface area contributed by atoms with Crippen LogP contribution in [0.2, 0.25) is 0 Å². The van der Waals surface area contributed by atoms with E-state index >= 15 is 0 Å². The smallest absolute Gasteiger partial charge is 0.258 e. The molecule has 2 heteroatoms. The fourth-order valence-electron chi connectivity index (χ4n) is 5.45. The Labute approximate surface area is 139 Å². The molecule has 0 spiro atoms. The molecule has 2 fully saturated rings. The summed E-state index contributed by atoms with van der Waals surface area (Å²) in [4.78, 5) is 6.43. The number of aromatic amines is 1. The van der Waals surface area contributed by atoms with E-state index in [0.717, 1.165) is 0 Å². The molecule has 1 saturated carbocycles. The van der Waals surface area contributed by atoms with E-state index in [1.165, 1.54) is 53.7 Å². The summed E-state index contributed by atoms with van der Waals surface area (Å²) in [6.45, 7) is 13.0. The Balaban J connectivity index is 1.79. The van der Waals surface area contributed by atoms with Crippen LogP contribution in [0.25, 0.3) is 10.9 Å². The summed E-state index contributed by atoms with van der Waals surface area (Å²) < 4.78 is 0. The number of hydrogen-bond donors (Lipinski definition) is 0. The summed E-state index contributed by atoms with van der Waals surface area (Å²) in [5.41, 5.74) is 4.88. The van der Waals surface area contributed by atoms with Gasteiger partial charge in [0.15, 0.2) is 0 Å². The van der Waals surface area contributed by atoms with Crippen molar-refractivity contribution < 1.29 is 4.98 Å². The highest BCUT2D eigenvalue weighted by atomic mass is 15.3. The molecule has 2 bridgehead atoms. The van der Waals surface area contributed by atoms with Crippen LogP contribution in [0.4, 0.5) is 5.82 Å². The summed E-state index contributed by atoms with van der Waals surface area (Å²) in [7, 11) is 0. The Hall–Kier alpha value is -1.57. The van der Waals surface area contributed by atoms with Gasteiger partial charge in [0.2, 0.25) is 0 Å². The lowest BCUT2D eigenvalue weighted by atomic mass is 9.65. The van der Waals surface area contributed by atoms with E-state index in [1.54, 1.807) is 0 Å². The fourth-order valence-corrected chi connectivity index (χ4v) is 5.45. The van der Waals surface area contributed by atoms with E-state index in [1.807, 2.05) is 0 Å². The van der Waals surface area contributed by atoms with Crippen LogP contribution in [0.3, 0.4) is 0 Å². The SMILES string of the molecule is Cc1ccc2cc(C)c(N3C[C@]4(C)C[C@H]3CC(C)(C)C4)[nH+]c2c1. The lowest BCUT2D eigenvalue weighted by Crippen LogP contribution is -2.37. The zero-order valence-electron chi connectivity index (χ0n) is 15.2. The van der Waals surface area contributed by atoms with Crippen LogP contribution >= 0.6 is 0 Å². The summed E-state index contributed by atoms with van der Waals surface area (Å²) in [6, 6.07) is 9.72. The molecular weight excluding hydrogens is 280 g/mol. The molecule has 1 N–H and O–H groups in total. The number of nitrogens with one attached hydrogen (secondary N) is 1. The number of pyridine rings is 1. The summed E-state index contributed by atoms with van der Waals surface area (Å²) in [6.07, 6.45) is 4.00. The van der Waals surface area contributed by atoms with Crippen LogP contribution in [-0.4, -0.2) is 12.6 Å². The third-order valence-corrected chi connectivity index (χ3v) is 5.91. The first-order chi connectivity index (χ1) is 10.7. The van der Waals surface area contributed by atoms with Crippen molar-refractivity contribution in [2.45, 2.75) is 59.9 Å². The van der Waals surface area contributed by atoms with Gasteiger partial charge in [-0.05, 0) is 56.2 Å².